The average molecular weight is 252 g/mol. The van der Waals surface area contributed by atoms with E-state index >= 15 is 0 Å². The number of phenols is 1. The zero-order chi connectivity index (χ0) is 13.8. The number of aryl methyl sites for hydroxylation is 1. The number of aromatic hydroxyl groups is 1. The first kappa shape index (κ1) is 15.0. The number of rotatable bonds is 6. The Morgan fingerprint density at radius 2 is 2.00 bits per heavy atom. The van der Waals surface area contributed by atoms with Crippen molar-refractivity contribution in [1.29, 1.82) is 0 Å². The van der Waals surface area contributed by atoms with E-state index in [1.54, 1.807) is 6.92 Å². The van der Waals surface area contributed by atoms with Crippen LogP contribution in [0.1, 0.15) is 18.1 Å². The van der Waals surface area contributed by atoms with Crippen LogP contribution >= 0.6 is 0 Å². The average Bonchev–Trinajstić information content (AvgIpc) is 2.22. The van der Waals surface area contributed by atoms with Gasteiger partial charge in [0.15, 0.2) is 0 Å². The summed E-state index contributed by atoms with van der Waals surface area (Å²) >= 11 is 0. The molecule has 1 rings (SSSR count). The highest BCUT2D eigenvalue weighted by atomic mass is 16.3. The van der Waals surface area contributed by atoms with Gasteiger partial charge in [-0.25, -0.2) is 0 Å². The van der Waals surface area contributed by atoms with Gasteiger partial charge in [0.1, 0.15) is 5.75 Å². The monoisotopic (exact) mass is 252 g/mol. The van der Waals surface area contributed by atoms with E-state index in [0.29, 0.717) is 25.4 Å². The van der Waals surface area contributed by atoms with Gasteiger partial charge in [0.05, 0.1) is 5.60 Å². The molecule has 0 amide bonds. The molecule has 0 aromatic heterocycles. The second-order valence-corrected chi connectivity index (χ2v) is 5.42. The Balaban J connectivity index is 2.49. The molecule has 0 aliphatic carbocycles. The van der Waals surface area contributed by atoms with Crippen LogP contribution in [0.15, 0.2) is 18.2 Å². The fourth-order valence-electron chi connectivity index (χ4n) is 2.07. The van der Waals surface area contributed by atoms with Gasteiger partial charge >= 0.3 is 0 Å². The first-order chi connectivity index (χ1) is 8.32. The number of nitrogens with one attached hydrogen (secondary N) is 1. The predicted molar refractivity (Wildman–Crippen MR) is 73.7 cm³/mol. The molecule has 102 valence electrons. The van der Waals surface area contributed by atoms with Crippen LogP contribution < -0.4 is 5.32 Å². The van der Waals surface area contributed by atoms with Crippen molar-refractivity contribution >= 4 is 0 Å². The van der Waals surface area contributed by atoms with E-state index in [-0.39, 0.29) is 0 Å². The number of phenolic OH excluding ortho intramolecular Hbond substituents is 1. The highest BCUT2D eigenvalue weighted by molar-refractivity contribution is 5.39. The summed E-state index contributed by atoms with van der Waals surface area (Å²) in [6.45, 7) is 5.31. The molecule has 1 aromatic rings. The molecule has 18 heavy (non-hydrogen) atoms. The molecule has 0 heterocycles. The third kappa shape index (κ3) is 4.64. The van der Waals surface area contributed by atoms with Crippen LogP contribution in [0.25, 0.3) is 0 Å². The molecule has 1 atom stereocenters. The van der Waals surface area contributed by atoms with Crippen molar-refractivity contribution < 1.29 is 10.2 Å². The van der Waals surface area contributed by atoms with Gasteiger partial charge in [-0.05, 0) is 33.5 Å². The lowest BCUT2D eigenvalue weighted by molar-refractivity contribution is 0.0335. The number of benzene rings is 1. The Hall–Kier alpha value is -1.10. The van der Waals surface area contributed by atoms with Gasteiger partial charge in [0.25, 0.3) is 0 Å². The van der Waals surface area contributed by atoms with Crippen LogP contribution in [0.2, 0.25) is 0 Å². The van der Waals surface area contributed by atoms with Gasteiger partial charge in [-0.1, -0.05) is 18.2 Å². The summed E-state index contributed by atoms with van der Waals surface area (Å²) in [5.41, 5.74) is 0.952. The predicted octanol–water partition coefficient (Wildman–Crippen LogP) is 1.10. The maximum Gasteiger partial charge on any atom is 0.122 e. The molecule has 1 aromatic carbocycles. The van der Waals surface area contributed by atoms with Crippen molar-refractivity contribution in [1.82, 2.24) is 10.2 Å². The van der Waals surface area contributed by atoms with E-state index in [1.165, 1.54) is 0 Å². The summed E-state index contributed by atoms with van der Waals surface area (Å²) in [6.07, 6.45) is 0. The Bertz CT molecular complexity index is 389. The summed E-state index contributed by atoms with van der Waals surface area (Å²) < 4.78 is 0. The zero-order valence-corrected chi connectivity index (χ0v) is 11.7. The maximum absolute atomic E-state index is 10.1. The number of likely N-dealkylation sites (N-methyl/N-ethyl adjacent to an activating group) is 1. The SMILES string of the molecule is Cc1cccc(CNCC(C)(O)CN(C)C)c1O. The lowest BCUT2D eigenvalue weighted by Gasteiger charge is -2.27. The van der Waals surface area contributed by atoms with Gasteiger partial charge in [-0.2, -0.15) is 0 Å². The Morgan fingerprint density at radius 1 is 1.33 bits per heavy atom. The molecule has 4 heteroatoms. The molecular weight excluding hydrogens is 228 g/mol. The summed E-state index contributed by atoms with van der Waals surface area (Å²) in [5, 5.41) is 23.2. The number of hydrogen-bond donors (Lipinski definition) is 3. The molecule has 0 spiro atoms. The van der Waals surface area contributed by atoms with Crippen molar-refractivity contribution in [2.45, 2.75) is 26.0 Å². The topological polar surface area (TPSA) is 55.7 Å². The number of aliphatic hydroxyl groups is 1. The summed E-state index contributed by atoms with van der Waals surface area (Å²) in [7, 11) is 3.86. The largest absolute Gasteiger partial charge is 0.507 e. The molecule has 3 N–H and O–H groups in total. The lowest BCUT2D eigenvalue weighted by atomic mass is 10.1. The fourth-order valence-corrected chi connectivity index (χ4v) is 2.07. The summed E-state index contributed by atoms with van der Waals surface area (Å²) in [5.74, 6) is 0.331. The third-order valence-corrected chi connectivity index (χ3v) is 2.80. The van der Waals surface area contributed by atoms with Crippen molar-refractivity contribution in [2.75, 3.05) is 27.2 Å². The molecule has 0 fully saturated rings. The molecule has 0 aliphatic rings. The molecular formula is C14H24N2O2. The summed E-state index contributed by atoms with van der Waals surface area (Å²) in [4.78, 5) is 1.95. The van der Waals surface area contributed by atoms with E-state index in [4.69, 9.17) is 0 Å². The van der Waals surface area contributed by atoms with E-state index in [9.17, 15) is 10.2 Å². The van der Waals surface area contributed by atoms with E-state index in [2.05, 4.69) is 5.32 Å². The molecule has 0 saturated heterocycles. The molecule has 1 unspecified atom stereocenters. The summed E-state index contributed by atoms with van der Waals surface area (Å²) in [6, 6.07) is 5.68. The Labute approximate surface area is 109 Å². The molecule has 4 nitrogen and oxygen atoms in total. The van der Waals surface area contributed by atoms with Crippen LogP contribution in [-0.2, 0) is 6.54 Å². The smallest absolute Gasteiger partial charge is 0.122 e. The Kier molecular flexibility index (Phi) is 5.14. The minimum Gasteiger partial charge on any atom is -0.507 e. The van der Waals surface area contributed by atoms with Crippen LogP contribution in [0.5, 0.6) is 5.75 Å². The number of hydrogen-bond acceptors (Lipinski definition) is 4. The normalized spacial score (nSPS) is 14.8. The van der Waals surface area contributed by atoms with Crippen LogP contribution in [0.3, 0.4) is 0 Å². The van der Waals surface area contributed by atoms with E-state index in [0.717, 1.165) is 11.1 Å². The van der Waals surface area contributed by atoms with Crippen molar-refractivity contribution in [2.24, 2.45) is 0 Å². The van der Waals surface area contributed by atoms with Crippen molar-refractivity contribution in [3.8, 4) is 5.75 Å². The number of nitrogens with zero attached hydrogens (tertiary/aromatic N) is 1. The van der Waals surface area contributed by atoms with Crippen LogP contribution in [0, 0.1) is 6.92 Å². The van der Waals surface area contributed by atoms with Gasteiger partial charge in [0, 0.05) is 25.2 Å². The fraction of sp³-hybridized carbons (Fsp3) is 0.571. The molecule has 0 saturated carbocycles. The highest BCUT2D eigenvalue weighted by Gasteiger charge is 2.20. The maximum atomic E-state index is 10.1. The minimum atomic E-state index is -0.775. The molecule has 0 aliphatic heterocycles. The second kappa shape index (κ2) is 6.18. The first-order valence-electron chi connectivity index (χ1n) is 6.17. The first-order valence-corrected chi connectivity index (χ1v) is 6.17. The zero-order valence-electron chi connectivity index (χ0n) is 11.7. The van der Waals surface area contributed by atoms with Gasteiger partial charge < -0.3 is 20.4 Å². The van der Waals surface area contributed by atoms with Crippen LogP contribution in [-0.4, -0.2) is 47.9 Å². The number of para-hydroxylation sites is 1. The lowest BCUT2D eigenvalue weighted by Crippen LogP contribution is -2.45. The van der Waals surface area contributed by atoms with Crippen LogP contribution in [0.4, 0.5) is 0 Å². The van der Waals surface area contributed by atoms with E-state index in [1.807, 2.05) is 44.1 Å². The second-order valence-electron chi connectivity index (χ2n) is 5.42. The molecule has 0 radical (unpaired) electrons. The van der Waals surface area contributed by atoms with E-state index < -0.39 is 5.60 Å². The van der Waals surface area contributed by atoms with Gasteiger partial charge in [-0.15, -0.1) is 0 Å². The molecule has 0 bridgehead atoms. The quantitative estimate of drug-likeness (QED) is 0.710. The van der Waals surface area contributed by atoms with Crippen molar-refractivity contribution in [3.05, 3.63) is 29.3 Å². The van der Waals surface area contributed by atoms with Crippen molar-refractivity contribution in [3.63, 3.8) is 0 Å². The third-order valence-electron chi connectivity index (χ3n) is 2.80. The van der Waals surface area contributed by atoms with Gasteiger partial charge in [0.2, 0.25) is 0 Å². The Morgan fingerprint density at radius 3 is 2.61 bits per heavy atom. The van der Waals surface area contributed by atoms with Gasteiger partial charge in [-0.3, -0.25) is 0 Å². The standard InChI is InChI=1S/C14H24N2O2/c1-11-6-5-7-12(13(11)17)8-15-9-14(2,18)10-16(3)4/h5-7,15,17-18H,8-10H2,1-4H3. The minimum absolute atomic E-state index is 0.331. The highest BCUT2D eigenvalue weighted by Crippen LogP contribution is 2.21.